The highest BCUT2D eigenvalue weighted by Gasteiger charge is 2.25. The summed E-state index contributed by atoms with van der Waals surface area (Å²) >= 11 is 0. The third kappa shape index (κ3) is 3.31. The number of hydrogen-bond acceptors (Lipinski definition) is 4. The molecule has 0 saturated heterocycles. The lowest BCUT2D eigenvalue weighted by atomic mass is 9.93. The molecule has 1 N–H and O–H groups in total. The number of methoxy groups -OCH3 is 1. The number of nitrogens with zero attached hydrogens (tertiary/aromatic N) is 3. The zero-order chi connectivity index (χ0) is 17.2. The van der Waals surface area contributed by atoms with Gasteiger partial charge in [0.2, 0.25) is 0 Å². The number of rotatable bonds is 4. The molecule has 2 aliphatic carbocycles. The third-order valence-corrected chi connectivity index (χ3v) is 5.39. The number of fused-ring (bicyclic) bond motifs is 1. The number of aryl methyl sites for hydroxylation is 1. The Labute approximate surface area is 147 Å². The van der Waals surface area contributed by atoms with Crippen molar-refractivity contribution < 1.29 is 9.53 Å². The van der Waals surface area contributed by atoms with Crippen molar-refractivity contribution in [3.05, 3.63) is 41.6 Å². The summed E-state index contributed by atoms with van der Waals surface area (Å²) < 4.78 is 7.31. The molecule has 0 aromatic carbocycles. The van der Waals surface area contributed by atoms with Gasteiger partial charge in [-0.2, -0.15) is 0 Å². The van der Waals surface area contributed by atoms with Crippen LogP contribution in [0.4, 0.5) is 0 Å². The van der Waals surface area contributed by atoms with Crippen LogP contribution in [0.1, 0.15) is 53.7 Å². The Balaban J connectivity index is 1.54. The number of imidazole rings is 1. The maximum Gasteiger partial charge on any atom is 0.270 e. The van der Waals surface area contributed by atoms with E-state index in [-0.39, 0.29) is 11.9 Å². The Morgan fingerprint density at radius 2 is 2.12 bits per heavy atom. The van der Waals surface area contributed by atoms with Crippen molar-refractivity contribution in [3.63, 3.8) is 0 Å². The third-order valence-electron chi connectivity index (χ3n) is 5.39. The van der Waals surface area contributed by atoms with Gasteiger partial charge in [0.1, 0.15) is 17.8 Å². The van der Waals surface area contributed by atoms with Crippen molar-refractivity contribution in [2.24, 2.45) is 0 Å². The maximum atomic E-state index is 12.8. The number of nitrogens with one attached hydrogen (secondary N) is 1. The minimum absolute atomic E-state index is 0.0723. The van der Waals surface area contributed by atoms with E-state index in [4.69, 9.17) is 4.74 Å². The summed E-state index contributed by atoms with van der Waals surface area (Å²) in [4.78, 5) is 21.5. The first-order valence-corrected chi connectivity index (χ1v) is 9.09. The highest BCUT2D eigenvalue weighted by molar-refractivity contribution is 5.93. The Hall–Kier alpha value is -2.21. The number of aromatic nitrogens is 3. The van der Waals surface area contributed by atoms with Gasteiger partial charge in [0.25, 0.3) is 5.91 Å². The zero-order valence-corrected chi connectivity index (χ0v) is 14.6. The Morgan fingerprint density at radius 1 is 1.28 bits per heavy atom. The van der Waals surface area contributed by atoms with Gasteiger partial charge < -0.3 is 10.1 Å². The normalized spacial score (nSPS) is 22.6. The van der Waals surface area contributed by atoms with Crippen molar-refractivity contribution >= 4 is 5.91 Å². The van der Waals surface area contributed by atoms with Gasteiger partial charge in [-0.05, 0) is 62.1 Å². The van der Waals surface area contributed by atoms with Gasteiger partial charge in [-0.3, -0.25) is 9.36 Å². The Morgan fingerprint density at radius 3 is 2.84 bits per heavy atom. The standard InChI is InChI=1S/C19H24N4O2/c1-25-15-7-5-14(6-8-15)21-19(24)17-11-13-3-2-4-16(13)18(22-17)23-10-9-20-12-23/h9-12,14-15H,2-8H2,1H3,(H,21,24)/t14-,15-. The molecule has 1 amide bonds. The maximum absolute atomic E-state index is 12.8. The van der Waals surface area contributed by atoms with Crippen molar-refractivity contribution in [1.82, 2.24) is 19.9 Å². The number of carbonyl (C=O) groups excluding carboxylic acids is 1. The summed E-state index contributed by atoms with van der Waals surface area (Å²) in [6.45, 7) is 0. The minimum atomic E-state index is -0.0723. The Bertz CT molecular complexity index is 749. The first-order chi connectivity index (χ1) is 12.2. The van der Waals surface area contributed by atoms with E-state index in [0.29, 0.717) is 11.8 Å². The van der Waals surface area contributed by atoms with Crippen molar-refractivity contribution in [3.8, 4) is 5.82 Å². The molecule has 0 unspecified atom stereocenters. The van der Waals surface area contributed by atoms with Gasteiger partial charge in [0, 0.05) is 25.5 Å². The molecule has 1 fully saturated rings. The molecule has 0 atom stereocenters. The van der Waals surface area contributed by atoms with Crippen LogP contribution in [0.5, 0.6) is 0 Å². The number of amides is 1. The number of hydrogen-bond donors (Lipinski definition) is 1. The Kier molecular flexibility index (Phi) is 4.53. The van der Waals surface area contributed by atoms with Crippen molar-refractivity contribution in [2.75, 3.05) is 7.11 Å². The predicted molar refractivity (Wildman–Crippen MR) is 93.9 cm³/mol. The van der Waals surface area contributed by atoms with Gasteiger partial charge in [0.05, 0.1) is 6.10 Å². The topological polar surface area (TPSA) is 69.0 Å². The molecule has 0 bridgehead atoms. The van der Waals surface area contributed by atoms with E-state index < -0.39 is 0 Å². The molecule has 2 aliphatic rings. The van der Waals surface area contributed by atoms with Gasteiger partial charge in [0.15, 0.2) is 0 Å². The van der Waals surface area contributed by atoms with Gasteiger partial charge in [-0.15, -0.1) is 0 Å². The number of pyridine rings is 1. The van der Waals surface area contributed by atoms with Crippen LogP contribution < -0.4 is 5.32 Å². The van der Waals surface area contributed by atoms with Gasteiger partial charge >= 0.3 is 0 Å². The fraction of sp³-hybridized carbons (Fsp3) is 0.526. The smallest absolute Gasteiger partial charge is 0.270 e. The molecule has 4 rings (SSSR count). The van der Waals surface area contributed by atoms with Crippen LogP contribution >= 0.6 is 0 Å². The summed E-state index contributed by atoms with van der Waals surface area (Å²) in [5.41, 5.74) is 3.00. The molecule has 25 heavy (non-hydrogen) atoms. The molecular formula is C19H24N4O2. The summed E-state index contributed by atoms with van der Waals surface area (Å²) in [6, 6.07) is 2.18. The molecule has 6 heteroatoms. The molecule has 132 valence electrons. The van der Waals surface area contributed by atoms with Crippen molar-refractivity contribution in [2.45, 2.75) is 57.1 Å². The van der Waals surface area contributed by atoms with Crippen LogP contribution in [-0.4, -0.2) is 39.7 Å². The summed E-state index contributed by atoms with van der Waals surface area (Å²) in [5.74, 6) is 0.776. The molecule has 2 heterocycles. The number of carbonyl (C=O) groups is 1. The number of ether oxygens (including phenoxy) is 1. The molecule has 2 aromatic rings. The molecule has 2 aromatic heterocycles. The van der Waals surface area contributed by atoms with Crippen LogP contribution in [0.3, 0.4) is 0 Å². The zero-order valence-electron chi connectivity index (χ0n) is 14.6. The predicted octanol–water partition coefficient (Wildman–Crippen LogP) is 2.44. The average molecular weight is 340 g/mol. The lowest BCUT2D eigenvalue weighted by molar-refractivity contribution is 0.0598. The second-order valence-electron chi connectivity index (χ2n) is 6.98. The summed E-state index contributed by atoms with van der Waals surface area (Å²) in [6.07, 6.45) is 12.8. The van der Waals surface area contributed by atoms with E-state index in [1.807, 2.05) is 16.8 Å². The largest absolute Gasteiger partial charge is 0.381 e. The molecule has 0 radical (unpaired) electrons. The molecule has 0 spiro atoms. The molecule has 0 aliphatic heterocycles. The van der Waals surface area contributed by atoms with E-state index >= 15 is 0 Å². The average Bonchev–Trinajstić information content (AvgIpc) is 3.33. The minimum Gasteiger partial charge on any atom is -0.381 e. The lowest BCUT2D eigenvalue weighted by Gasteiger charge is -2.28. The summed E-state index contributed by atoms with van der Waals surface area (Å²) in [7, 11) is 1.76. The van der Waals surface area contributed by atoms with E-state index in [1.165, 1.54) is 11.1 Å². The quantitative estimate of drug-likeness (QED) is 0.928. The first-order valence-electron chi connectivity index (χ1n) is 9.09. The second-order valence-corrected chi connectivity index (χ2v) is 6.98. The second kappa shape index (κ2) is 6.96. The van der Waals surface area contributed by atoms with Crippen molar-refractivity contribution in [1.29, 1.82) is 0 Å². The lowest BCUT2D eigenvalue weighted by Crippen LogP contribution is -2.39. The first kappa shape index (κ1) is 16.3. The van der Waals surface area contributed by atoms with E-state index in [1.54, 1.807) is 19.6 Å². The van der Waals surface area contributed by atoms with Gasteiger partial charge in [-0.25, -0.2) is 9.97 Å². The summed E-state index contributed by atoms with van der Waals surface area (Å²) in [5, 5.41) is 3.16. The fourth-order valence-corrected chi connectivity index (χ4v) is 3.98. The van der Waals surface area contributed by atoms with Gasteiger partial charge in [-0.1, -0.05) is 0 Å². The van der Waals surface area contributed by atoms with Crippen LogP contribution in [0.2, 0.25) is 0 Å². The van der Waals surface area contributed by atoms with Crippen LogP contribution in [-0.2, 0) is 17.6 Å². The van der Waals surface area contributed by atoms with Crippen LogP contribution in [0, 0.1) is 0 Å². The van der Waals surface area contributed by atoms with E-state index in [0.717, 1.165) is 50.8 Å². The van der Waals surface area contributed by atoms with E-state index in [9.17, 15) is 4.79 Å². The monoisotopic (exact) mass is 340 g/mol. The highest BCUT2D eigenvalue weighted by Crippen LogP contribution is 2.28. The molecule has 1 saturated carbocycles. The van der Waals surface area contributed by atoms with Crippen LogP contribution in [0.25, 0.3) is 5.82 Å². The fourth-order valence-electron chi connectivity index (χ4n) is 3.98. The SMILES string of the molecule is CO[C@H]1CC[C@H](NC(=O)c2cc3c(c(-n4ccnc4)n2)CCC3)CC1. The molecular weight excluding hydrogens is 316 g/mol. The highest BCUT2D eigenvalue weighted by atomic mass is 16.5. The van der Waals surface area contributed by atoms with E-state index in [2.05, 4.69) is 15.3 Å². The van der Waals surface area contributed by atoms with Crippen LogP contribution in [0.15, 0.2) is 24.8 Å². The molecule has 6 nitrogen and oxygen atoms in total.